The largest absolute Gasteiger partial charge is 0.315 e. The van der Waals surface area contributed by atoms with Crippen molar-refractivity contribution < 1.29 is 0 Å². The lowest BCUT2D eigenvalue weighted by atomic mass is 10.0. The van der Waals surface area contributed by atoms with Gasteiger partial charge in [-0.15, -0.1) is 0 Å². The van der Waals surface area contributed by atoms with Gasteiger partial charge in [0, 0.05) is 30.7 Å². The van der Waals surface area contributed by atoms with Crippen LogP contribution in [0.1, 0.15) is 69.2 Å². The standard InChI is InChI=1S/C7H15N.2C5H13N.CH4/c1-6(2)8-5-4-7(8)3;1-5(2)6(3)4;1-4-6-5(2)3;/h6-7H,4-5H2,1-3H3;5H,1-4H3;5-6H,4H2,1-3H3;1H4. The first kappa shape index (κ1) is 25.8. The van der Waals surface area contributed by atoms with Crippen LogP contribution in [-0.4, -0.2) is 61.2 Å². The Kier molecular flexibility index (Phi) is 18.2. The normalized spacial score (nSPS) is 17.7. The molecule has 3 nitrogen and oxygen atoms in total. The molecule has 0 aromatic carbocycles. The molecule has 1 heterocycles. The highest BCUT2D eigenvalue weighted by atomic mass is 15.2. The smallest absolute Gasteiger partial charge is 0.00818 e. The van der Waals surface area contributed by atoms with Crippen molar-refractivity contribution in [1.29, 1.82) is 0 Å². The molecule has 0 radical (unpaired) electrons. The molecule has 1 aliphatic heterocycles. The fourth-order valence-electron chi connectivity index (χ4n) is 1.71. The van der Waals surface area contributed by atoms with Crippen molar-refractivity contribution in [3.05, 3.63) is 0 Å². The van der Waals surface area contributed by atoms with Crippen LogP contribution in [-0.2, 0) is 0 Å². The molecule has 0 aromatic heterocycles. The van der Waals surface area contributed by atoms with Crippen LogP contribution in [0.4, 0.5) is 0 Å². The molecule has 0 spiro atoms. The molecular formula is C18H45N3. The number of nitrogens with zero attached hydrogens (tertiary/aromatic N) is 2. The van der Waals surface area contributed by atoms with E-state index in [4.69, 9.17) is 0 Å². The first-order valence-corrected chi connectivity index (χ1v) is 8.28. The summed E-state index contributed by atoms with van der Waals surface area (Å²) >= 11 is 0. The fourth-order valence-corrected chi connectivity index (χ4v) is 1.71. The Morgan fingerprint density at radius 2 is 1.52 bits per heavy atom. The SMILES string of the molecule is C.CC(C)N(C)C.CC(C)N1CCC1C.CCNC(C)C. The van der Waals surface area contributed by atoms with Gasteiger partial charge in [0.05, 0.1) is 0 Å². The van der Waals surface area contributed by atoms with Gasteiger partial charge in [0.1, 0.15) is 0 Å². The third kappa shape index (κ3) is 16.1. The van der Waals surface area contributed by atoms with Crippen molar-refractivity contribution in [2.75, 3.05) is 27.2 Å². The maximum atomic E-state index is 3.21. The van der Waals surface area contributed by atoms with Crippen LogP contribution < -0.4 is 5.32 Å². The van der Waals surface area contributed by atoms with Gasteiger partial charge in [0.25, 0.3) is 0 Å². The van der Waals surface area contributed by atoms with Crippen LogP contribution in [0.15, 0.2) is 0 Å². The quantitative estimate of drug-likeness (QED) is 0.844. The zero-order chi connectivity index (χ0) is 16.3. The maximum absolute atomic E-state index is 3.21. The fraction of sp³-hybridized carbons (Fsp3) is 1.00. The number of hydrogen-bond donors (Lipinski definition) is 1. The first-order chi connectivity index (χ1) is 9.13. The second-order valence-corrected chi connectivity index (χ2v) is 6.74. The molecule has 0 aromatic rings. The molecule has 0 aliphatic carbocycles. The van der Waals surface area contributed by atoms with Crippen molar-refractivity contribution >= 4 is 0 Å². The van der Waals surface area contributed by atoms with Gasteiger partial charge in [0.15, 0.2) is 0 Å². The first-order valence-electron chi connectivity index (χ1n) is 8.28. The van der Waals surface area contributed by atoms with Gasteiger partial charge >= 0.3 is 0 Å². The highest BCUT2D eigenvalue weighted by molar-refractivity contribution is 4.80. The molecule has 1 saturated heterocycles. The predicted octanol–water partition coefficient (Wildman–Crippen LogP) is 4.09. The van der Waals surface area contributed by atoms with Gasteiger partial charge in [-0.25, -0.2) is 0 Å². The number of nitrogens with one attached hydrogen (secondary N) is 1. The molecule has 1 rings (SSSR count). The Morgan fingerprint density at radius 3 is 1.52 bits per heavy atom. The Bertz CT molecular complexity index is 190. The zero-order valence-corrected chi connectivity index (χ0v) is 15.8. The highest BCUT2D eigenvalue weighted by Gasteiger charge is 2.24. The van der Waals surface area contributed by atoms with Crippen molar-refractivity contribution in [2.24, 2.45) is 0 Å². The van der Waals surface area contributed by atoms with E-state index in [9.17, 15) is 0 Å². The van der Waals surface area contributed by atoms with Crippen molar-refractivity contribution in [2.45, 2.75) is 93.4 Å². The third-order valence-corrected chi connectivity index (χ3v) is 3.68. The van der Waals surface area contributed by atoms with Crippen LogP contribution in [0.5, 0.6) is 0 Å². The Balaban J connectivity index is -0.000000231. The van der Waals surface area contributed by atoms with Gasteiger partial charge in [-0.2, -0.15) is 0 Å². The molecule has 0 bridgehead atoms. The van der Waals surface area contributed by atoms with E-state index < -0.39 is 0 Å². The van der Waals surface area contributed by atoms with E-state index in [1.807, 2.05) is 0 Å². The summed E-state index contributed by atoms with van der Waals surface area (Å²) in [5.74, 6) is 0. The number of rotatable bonds is 4. The zero-order valence-electron chi connectivity index (χ0n) is 15.8. The minimum absolute atomic E-state index is 0. The van der Waals surface area contributed by atoms with E-state index in [-0.39, 0.29) is 7.43 Å². The topological polar surface area (TPSA) is 18.5 Å². The second kappa shape index (κ2) is 14.8. The second-order valence-electron chi connectivity index (χ2n) is 6.74. The average Bonchev–Trinajstić information content (AvgIpc) is 2.27. The van der Waals surface area contributed by atoms with Crippen LogP contribution in [0.2, 0.25) is 0 Å². The van der Waals surface area contributed by atoms with Gasteiger partial charge in [-0.05, 0) is 61.7 Å². The molecule has 1 N–H and O–H groups in total. The summed E-state index contributed by atoms with van der Waals surface area (Å²) in [6, 6.07) is 2.95. The lowest BCUT2D eigenvalue weighted by molar-refractivity contribution is 0.0693. The van der Waals surface area contributed by atoms with Crippen LogP contribution >= 0.6 is 0 Å². The van der Waals surface area contributed by atoms with E-state index in [2.05, 4.69) is 84.6 Å². The van der Waals surface area contributed by atoms with Gasteiger partial charge in [-0.1, -0.05) is 28.2 Å². The minimum Gasteiger partial charge on any atom is -0.315 e. The van der Waals surface area contributed by atoms with Gasteiger partial charge < -0.3 is 10.2 Å². The lowest BCUT2D eigenvalue weighted by Gasteiger charge is -2.41. The summed E-state index contributed by atoms with van der Waals surface area (Å²) in [5, 5.41) is 3.21. The molecule has 0 amide bonds. The summed E-state index contributed by atoms with van der Waals surface area (Å²) < 4.78 is 0. The Labute approximate surface area is 136 Å². The summed E-state index contributed by atoms with van der Waals surface area (Å²) in [4.78, 5) is 4.68. The Morgan fingerprint density at radius 1 is 1.10 bits per heavy atom. The van der Waals surface area contributed by atoms with E-state index in [0.717, 1.165) is 18.6 Å². The molecule has 1 fully saturated rings. The van der Waals surface area contributed by atoms with E-state index in [1.54, 1.807) is 0 Å². The summed E-state index contributed by atoms with van der Waals surface area (Å²) in [6.45, 7) is 19.9. The third-order valence-electron chi connectivity index (χ3n) is 3.68. The molecule has 1 unspecified atom stereocenters. The van der Waals surface area contributed by atoms with Crippen LogP contribution in [0.3, 0.4) is 0 Å². The summed E-state index contributed by atoms with van der Waals surface area (Å²) in [6.07, 6.45) is 1.40. The predicted molar refractivity (Wildman–Crippen MR) is 100 cm³/mol. The molecule has 0 saturated carbocycles. The minimum atomic E-state index is 0. The van der Waals surface area contributed by atoms with Crippen LogP contribution in [0, 0.1) is 0 Å². The molecule has 1 atom stereocenters. The molecule has 1 aliphatic rings. The van der Waals surface area contributed by atoms with E-state index >= 15 is 0 Å². The van der Waals surface area contributed by atoms with Crippen molar-refractivity contribution in [1.82, 2.24) is 15.1 Å². The van der Waals surface area contributed by atoms with Gasteiger partial charge in [-0.3, -0.25) is 4.90 Å². The van der Waals surface area contributed by atoms with Crippen LogP contribution in [0.25, 0.3) is 0 Å². The van der Waals surface area contributed by atoms with Crippen molar-refractivity contribution in [3.63, 3.8) is 0 Å². The molecular weight excluding hydrogens is 258 g/mol. The number of likely N-dealkylation sites (tertiary alicyclic amines) is 1. The average molecular weight is 304 g/mol. The van der Waals surface area contributed by atoms with Crippen molar-refractivity contribution in [3.8, 4) is 0 Å². The summed E-state index contributed by atoms with van der Waals surface area (Å²) in [7, 11) is 4.15. The van der Waals surface area contributed by atoms with E-state index in [0.29, 0.717) is 12.1 Å². The van der Waals surface area contributed by atoms with E-state index in [1.165, 1.54) is 13.0 Å². The number of hydrogen-bond acceptors (Lipinski definition) is 3. The highest BCUT2D eigenvalue weighted by Crippen LogP contribution is 2.18. The maximum Gasteiger partial charge on any atom is 0.00818 e. The summed E-state index contributed by atoms with van der Waals surface area (Å²) in [5.41, 5.74) is 0. The molecule has 3 heteroatoms. The molecule has 21 heavy (non-hydrogen) atoms. The lowest BCUT2D eigenvalue weighted by Crippen LogP contribution is -2.49. The monoisotopic (exact) mass is 303 g/mol. The van der Waals surface area contributed by atoms with Gasteiger partial charge in [0.2, 0.25) is 0 Å². The Hall–Kier alpha value is -0.120. The molecule has 132 valence electrons.